The molecule has 1 aromatic carbocycles. The summed E-state index contributed by atoms with van der Waals surface area (Å²) in [4.78, 5) is 22.4. The molecule has 0 radical (unpaired) electrons. The van der Waals surface area contributed by atoms with Crippen molar-refractivity contribution < 1.29 is 9.59 Å². The monoisotopic (exact) mass is 278 g/mol. The summed E-state index contributed by atoms with van der Waals surface area (Å²) in [6.45, 7) is 0. The highest BCUT2D eigenvalue weighted by molar-refractivity contribution is 6.43. The van der Waals surface area contributed by atoms with E-state index < -0.39 is 18.0 Å². The molecule has 0 aromatic heterocycles. The molecule has 1 fully saturated rings. The molecule has 0 bridgehead atoms. The summed E-state index contributed by atoms with van der Waals surface area (Å²) < 4.78 is 0. The van der Waals surface area contributed by atoms with Crippen LogP contribution in [-0.2, 0) is 4.79 Å². The number of benzene rings is 1. The molecule has 16 heavy (non-hydrogen) atoms. The number of carbonyl (C=O) groups is 2. The zero-order valence-corrected chi connectivity index (χ0v) is 9.95. The fourth-order valence-electron chi connectivity index (χ4n) is 1.39. The largest absolute Gasteiger partial charge is 0.322 e. The first-order chi connectivity index (χ1) is 7.49. The lowest BCUT2D eigenvalue weighted by Gasteiger charge is -2.10. The number of carbonyl (C=O) groups excluding carboxylic acids is 2. The molecule has 0 unspecified atom stereocenters. The molecule has 1 heterocycles. The molecule has 1 aromatic rings. The zero-order valence-electron chi connectivity index (χ0n) is 7.68. The molecule has 2 N–H and O–H groups in total. The third kappa shape index (κ3) is 1.96. The second-order valence-corrected chi connectivity index (χ2v) is 4.41. The predicted molar refractivity (Wildman–Crippen MR) is 60.9 cm³/mol. The van der Waals surface area contributed by atoms with E-state index in [1.54, 1.807) is 0 Å². The van der Waals surface area contributed by atoms with Crippen molar-refractivity contribution in [3.05, 3.63) is 32.8 Å². The lowest BCUT2D eigenvalue weighted by atomic mass is 10.1. The van der Waals surface area contributed by atoms with E-state index in [-0.39, 0.29) is 10.0 Å². The van der Waals surface area contributed by atoms with Crippen LogP contribution in [0.15, 0.2) is 12.1 Å². The van der Waals surface area contributed by atoms with E-state index in [9.17, 15) is 9.59 Å². The lowest BCUT2D eigenvalue weighted by molar-refractivity contribution is -0.120. The number of hydrogen-bond donors (Lipinski definition) is 2. The van der Waals surface area contributed by atoms with E-state index >= 15 is 0 Å². The minimum absolute atomic E-state index is 0.273. The molecule has 0 saturated carbocycles. The summed E-state index contributed by atoms with van der Waals surface area (Å²) in [5, 5.41) is 5.36. The van der Waals surface area contributed by atoms with Crippen molar-refractivity contribution in [2.45, 2.75) is 6.04 Å². The van der Waals surface area contributed by atoms with Crippen molar-refractivity contribution in [1.82, 2.24) is 10.6 Å². The summed E-state index contributed by atoms with van der Waals surface area (Å²) in [5.74, 6) is -0.467. The SMILES string of the molecule is O=C1NC(=O)[C@@H](c2cc(Cl)c(Cl)cc2Cl)N1. The van der Waals surface area contributed by atoms with Crippen molar-refractivity contribution >= 4 is 46.7 Å². The number of halogens is 3. The van der Waals surface area contributed by atoms with E-state index in [0.29, 0.717) is 10.6 Å². The van der Waals surface area contributed by atoms with Crippen LogP contribution in [0, 0.1) is 0 Å². The molecule has 7 heteroatoms. The summed E-state index contributed by atoms with van der Waals surface area (Å²) >= 11 is 17.5. The Morgan fingerprint density at radius 1 is 1.00 bits per heavy atom. The zero-order chi connectivity index (χ0) is 11.9. The maximum atomic E-state index is 11.4. The van der Waals surface area contributed by atoms with Crippen LogP contribution in [0.4, 0.5) is 4.79 Å². The summed E-state index contributed by atoms with van der Waals surface area (Å²) in [6, 6.07) is 1.51. The Labute approximate surface area is 106 Å². The van der Waals surface area contributed by atoms with Gasteiger partial charge in [0, 0.05) is 10.6 Å². The quantitative estimate of drug-likeness (QED) is 0.613. The average molecular weight is 280 g/mol. The molecule has 1 aliphatic heterocycles. The van der Waals surface area contributed by atoms with Crippen LogP contribution < -0.4 is 10.6 Å². The molecule has 0 aliphatic carbocycles. The predicted octanol–water partition coefficient (Wildman–Crippen LogP) is 2.53. The average Bonchev–Trinajstić information content (AvgIpc) is 2.51. The molecule has 2 rings (SSSR count). The van der Waals surface area contributed by atoms with Gasteiger partial charge in [0.25, 0.3) is 5.91 Å². The van der Waals surface area contributed by atoms with Crippen LogP contribution in [0.1, 0.15) is 11.6 Å². The van der Waals surface area contributed by atoms with Gasteiger partial charge in [-0.25, -0.2) is 4.79 Å². The van der Waals surface area contributed by atoms with Gasteiger partial charge in [-0.15, -0.1) is 0 Å². The first-order valence-corrected chi connectivity index (χ1v) is 5.38. The van der Waals surface area contributed by atoms with Gasteiger partial charge in [-0.3, -0.25) is 10.1 Å². The number of imide groups is 1. The number of hydrogen-bond acceptors (Lipinski definition) is 2. The van der Waals surface area contributed by atoms with Gasteiger partial charge in [-0.2, -0.15) is 0 Å². The van der Waals surface area contributed by atoms with Crippen LogP contribution in [0.25, 0.3) is 0 Å². The smallest absolute Gasteiger partial charge is 0.322 e. The van der Waals surface area contributed by atoms with Gasteiger partial charge < -0.3 is 5.32 Å². The van der Waals surface area contributed by atoms with Crippen LogP contribution >= 0.6 is 34.8 Å². The summed E-state index contributed by atoms with van der Waals surface area (Å²) in [7, 11) is 0. The van der Waals surface area contributed by atoms with Crippen molar-refractivity contribution in [1.29, 1.82) is 0 Å². The Kier molecular flexibility index (Phi) is 2.97. The van der Waals surface area contributed by atoms with E-state index in [4.69, 9.17) is 34.8 Å². The van der Waals surface area contributed by atoms with Gasteiger partial charge in [-0.05, 0) is 12.1 Å². The highest BCUT2D eigenvalue weighted by atomic mass is 35.5. The standard InChI is InChI=1S/C9H5Cl3N2O2/c10-4-2-6(12)5(11)1-3(4)7-8(15)14-9(16)13-7/h1-2,7H,(H2,13,14,15,16)/t7-/m1/s1. The second-order valence-electron chi connectivity index (χ2n) is 3.18. The number of nitrogens with one attached hydrogen (secondary N) is 2. The Balaban J connectivity index is 2.45. The lowest BCUT2D eigenvalue weighted by Crippen LogP contribution is -2.22. The summed E-state index contributed by atoms with van der Waals surface area (Å²) in [5.41, 5.74) is 0.416. The summed E-state index contributed by atoms with van der Waals surface area (Å²) in [6.07, 6.45) is 0. The number of rotatable bonds is 1. The fourth-order valence-corrected chi connectivity index (χ4v) is 2.06. The van der Waals surface area contributed by atoms with Gasteiger partial charge in [0.2, 0.25) is 0 Å². The first kappa shape index (κ1) is 11.5. The van der Waals surface area contributed by atoms with E-state index in [0.717, 1.165) is 0 Å². The highest BCUT2D eigenvalue weighted by Crippen LogP contribution is 2.33. The Bertz CT molecular complexity index is 490. The minimum atomic E-state index is -0.824. The number of urea groups is 1. The molecule has 1 saturated heterocycles. The maximum Gasteiger partial charge on any atom is 0.322 e. The van der Waals surface area contributed by atoms with Crippen molar-refractivity contribution in [2.24, 2.45) is 0 Å². The van der Waals surface area contributed by atoms with Gasteiger partial charge in [0.1, 0.15) is 6.04 Å². The third-order valence-electron chi connectivity index (χ3n) is 2.12. The van der Waals surface area contributed by atoms with Gasteiger partial charge >= 0.3 is 6.03 Å². The molecule has 4 nitrogen and oxygen atoms in total. The molecule has 84 valence electrons. The van der Waals surface area contributed by atoms with Crippen LogP contribution in [0.3, 0.4) is 0 Å². The molecule has 1 atom stereocenters. The van der Waals surface area contributed by atoms with Crippen LogP contribution in [-0.4, -0.2) is 11.9 Å². The normalized spacial score (nSPS) is 19.6. The van der Waals surface area contributed by atoms with E-state index in [1.165, 1.54) is 12.1 Å². The maximum absolute atomic E-state index is 11.4. The Hall–Kier alpha value is -0.970. The Morgan fingerprint density at radius 2 is 1.62 bits per heavy atom. The molecule has 0 spiro atoms. The Morgan fingerprint density at radius 3 is 2.19 bits per heavy atom. The van der Waals surface area contributed by atoms with Gasteiger partial charge in [0.15, 0.2) is 0 Å². The molecular formula is C9H5Cl3N2O2. The van der Waals surface area contributed by atoms with E-state index in [1.807, 2.05) is 0 Å². The van der Waals surface area contributed by atoms with Crippen molar-refractivity contribution in [3.8, 4) is 0 Å². The second kappa shape index (κ2) is 4.13. The number of amides is 3. The third-order valence-corrected chi connectivity index (χ3v) is 3.17. The van der Waals surface area contributed by atoms with E-state index in [2.05, 4.69) is 10.6 Å². The van der Waals surface area contributed by atoms with Gasteiger partial charge in [0.05, 0.1) is 10.0 Å². The topological polar surface area (TPSA) is 58.2 Å². The molecule has 1 aliphatic rings. The van der Waals surface area contributed by atoms with Crippen molar-refractivity contribution in [3.63, 3.8) is 0 Å². The highest BCUT2D eigenvalue weighted by Gasteiger charge is 2.32. The van der Waals surface area contributed by atoms with Crippen LogP contribution in [0.5, 0.6) is 0 Å². The van der Waals surface area contributed by atoms with Gasteiger partial charge in [-0.1, -0.05) is 34.8 Å². The van der Waals surface area contributed by atoms with Crippen molar-refractivity contribution in [2.75, 3.05) is 0 Å². The first-order valence-electron chi connectivity index (χ1n) is 4.25. The molecular weight excluding hydrogens is 274 g/mol. The minimum Gasteiger partial charge on any atom is -0.322 e. The molecule has 3 amide bonds. The fraction of sp³-hybridized carbons (Fsp3) is 0.111. The van der Waals surface area contributed by atoms with Crippen LogP contribution in [0.2, 0.25) is 15.1 Å².